The number of allylic oxidation sites excluding steroid dienone is 1. The highest BCUT2D eigenvalue weighted by molar-refractivity contribution is 7.89. The SMILES string of the molecule is C=CC[C@]1(C)CCC[C@H]1S(N)(=O)=O. The Bertz CT molecular complexity index is 297. The summed E-state index contributed by atoms with van der Waals surface area (Å²) in [6.07, 6.45) is 5.09. The summed E-state index contributed by atoms with van der Waals surface area (Å²) in [5.74, 6) is 0. The third-order valence-corrected chi connectivity index (χ3v) is 4.60. The van der Waals surface area contributed by atoms with Crippen molar-refractivity contribution >= 4 is 10.0 Å². The molecule has 0 aromatic carbocycles. The van der Waals surface area contributed by atoms with Crippen molar-refractivity contribution in [1.29, 1.82) is 0 Å². The predicted molar refractivity (Wildman–Crippen MR) is 53.7 cm³/mol. The summed E-state index contributed by atoms with van der Waals surface area (Å²) in [6.45, 7) is 5.63. The molecular formula is C9H17NO2S. The molecule has 0 bridgehead atoms. The molecule has 76 valence electrons. The number of hydrogen-bond acceptors (Lipinski definition) is 2. The van der Waals surface area contributed by atoms with Gasteiger partial charge in [-0.2, -0.15) is 0 Å². The van der Waals surface area contributed by atoms with E-state index < -0.39 is 10.0 Å². The van der Waals surface area contributed by atoms with E-state index >= 15 is 0 Å². The summed E-state index contributed by atoms with van der Waals surface area (Å²) in [5, 5.41) is 4.81. The molecular weight excluding hydrogens is 186 g/mol. The van der Waals surface area contributed by atoms with Gasteiger partial charge in [-0.15, -0.1) is 6.58 Å². The highest BCUT2D eigenvalue weighted by atomic mass is 32.2. The molecule has 4 heteroatoms. The Labute approximate surface area is 80.1 Å². The van der Waals surface area contributed by atoms with Gasteiger partial charge < -0.3 is 0 Å². The molecule has 0 unspecified atom stereocenters. The fraction of sp³-hybridized carbons (Fsp3) is 0.778. The Balaban J connectivity index is 2.92. The highest BCUT2D eigenvalue weighted by Gasteiger charge is 2.43. The second kappa shape index (κ2) is 3.42. The lowest BCUT2D eigenvalue weighted by molar-refractivity contribution is 0.341. The maximum Gasteiger partial charge on any atom is 0.212 e. The van der Waals surface area contributed by atoms with Gasteiger partial charge >= 0.3 is 0 Å². The van der Waals surface area contributed by atoms with E-state index in [-0.39, 0.29) is 10.7 Å². The van der Waals surface area contributed by atoms with Gasteiger partial charge in [0, 0.05) is 0 Å². The maximum absolute atomic E-state index is 11.3. The number of hydrogen-bond donors (Lipinski definition) is 1. The zero-order valence-electron chi connectivity index (χ0n) is 7.99. The van der Waals surface area contributed by atoms with Crippen molar-refractivity contribution in [3.63, 3.8) is 0 Å². The molecule has 1 aliphatic carbocycles. The molecule has 1 saturated carbocycles. The van der Waals surface area contributed by atoms with E-state index in [9.17, 15) is 8.42 Å². The molecule has 1 fully saturated rings. The van der Waals surface area contributed by atoms with Crippen LogP contribution in [-0.2, 0) is 10.0 Å². The lowest BCUT2D eigenvalue weighted by atomic mass is 9.85. The molecule has 13 heavy (non-hydrogen) atoms. The van der Waals surface area contributed by atoms with Gasteiger partial charge in [0.15, 0.2) is 0 Å². The first-order chi connectivity index (χ1) is 5.90. The topological polar surface area (TPSA) is 60.2 Å². The van der Waals surface area contributed by atoms with Gasteiger partial charge in [-0.1, -0.05) is 19.4 Å². The third-order valence-electron chi connectivity index (χ3n) is 3.00. The smallest absolute Gasteiger partial charge is 0.212 e. The average Bonchev–Trinajstić information content (AvgIpc) is 2.30. The second-order valence-corrected chi connectivity index (χ2v) is 5.86. The minimum atomic E-state index is -3.38. The predicted octanol–water partition coefficient (Wildman–Crippen LogP) is 1.41. The molecule has 2 N–H and O–H groups in total. The monoisotopic (exact) mass is 203 g/mol. The van der Waals surface area contributed by atoms with Crippen LogP contribution in [0.2, 0.25) is 0 Å². The van der Waals surface area contributed by atoms with Crippen molar-refractivity contribution < 1.29 is 8.42 Å². The van der Waals surface area contributed by atoms with Gasteiger partial charge in [-0.3, -0.25) is 0 Å². The Hall–Kier alpha value is -0.350. The lowest BCUT2D eigenvalue weighted by Gasteiger charge is -2.28. The summed E-state index contributed by atoms with van der Waals surface area (Å²) < 4.78 is 22.5. The Kier molecular flexibility index (Phi) is 2.82. The van der Waals surface area contributed by atoms with Gasteiger partial charge in [0.1, 0.15) is 0 Å². The van der Waals surface area contributed by atoms with Crippen molar-refractivity contribution in [3.8, 4) is 0 Å². The summed E-state index contributed by atoms with van der Waals surface area (Å²) in [5.41, 5.74) is -0.185. The highest BCUT2D eigenvalue weighted by Crippen LogP contribution is 2.43. The van der Waals surface area contributed by atoms with E-state index in [2.05, 4.69) is 6.58 Å². The number of nitrogens with two attached hydrogens (primary N) is 1. The Morgan fingerprint density at radius 1 is 1.69 bits per heavy atom. The van der Waals surface area contributed by atoms with E-state index in [0.29, 0.717) is 6.42 Å². The van der Waals surface area contributed by atoms with Crippen LogP contribution in [0.15, 0.2) is 12.7 Å². The molecule has 0 aliphatic heterocycles. The second-order valence-electron chi connectivity index (χ2n) is 4.12. The molecule has 0 spiro atoms. The van der Waals surface area contributed by atoms with Crippen molar-refractivity contribution in [2.24, 2.45) is 10.6 Å². The van der Waals surface area contributed by atoms with Crippen LogP contribution in [0.1, 0.15) is 32.6 Å². The molecule has 1 aliphatic rings. The molecule has 0 heterocycles. The minimum Gasteiger partial charge on any atom is -0.228 e. The van der Waals surface area contributed by atoms with Gasteiger partial charge in [0.05, 0.1) is 5.25 Å². The van der Waals surface area contributed by atoms with Gasteiger partial charge in [0.2, 0.25) is 10.0 Å². The molecule has 0 amide bonds. The zero-order chi connectivity index (χ0) is 10.1. The number of rotatable bonds is 3. The molecule has 3 nitrogen and oxygen atoms in total. The van der Waals surface area contributed by atoms with E-state index in [4.69, 9.17) is 5.14 Å². The van der Waals surface area contributed by atoms with Gasteiger partial charge in [-0.25, -0.2) is 13.6 Å². The van der Waals surface area contributed by atoms with E-state index in [1.54, 1.807) is 6.08 Å². The largest absolute Gasteiger partial charge is 0.228 e. The van der Waals surface area contributed by atoms with Crippen molar-refractivity contribution in [2.75, 3.05) is 0 Å². The van der Waals surface area contributed by atoms with Crippen LogP contribution >= 0.6 is 0 Å². The standard InChI is InChI=1S/C9H17NO2S/c1-3-6-9(2)7-4-5-8(9)13(10,11)12/h3,8H,1,4-7H2,2H3,(H2,10,11,12)/t8-,9-/m1/s1. The summed E-state index contributed by atoms with van der Waals surface area (Å²) in [6, 6.07) is 0. The first-order valence-corrected chi connectivity index (χ1v) is 6.13. The quantitative estimate of drug-likeness (QED) is 0.705. The molecule has 0 aromatic rings. The van der Waals surface area contributed by atoms with Crippen molar-refractivity contribution in [2.45, 2.75) is 37.9 Å². The first-order valence-electron chi connectivity index (χ1n) is 4.53. The first kappa shape index (κ1) is 10.7. The molecule has 1 rings (SSSR count). The Morgan fingerprint density at radius 3 is 2.77 bits per heavy atom. The zero-order valence-corrected chi connectivity index (χ0v) is 8.81. The van der Waals surface area contributed by atoms with Gasteiger partial charge in [0.25, 0.3) is 0 Å². The molecule has 0 radical (unpaired) electrons. The normalized spacial score (nSPS) is 34.8. The molecule has 0 saturated heterocycles. The fourth-order valence-corrected chi connectivity index (χ4v) is 3.83. The third kappa shape index (κ3) is 2.11. The molecule has 0 aromatic heterocycles. The van der Waals surface area contributed by atoms with Crippen LogP contribution in [0.25, 0.3) is 0 Å². The summed E-state index contributed by atoms with van der Waals surface area (Å²) in [4.78, 5) is 0. The van der Waals surface area contributed by atoms with Crippen LogP contribution in [0.4, 0.5) is 0 Å². The Morgan fingerprint density at radius 2 is 2.31 bits per heavy atom. The van der Waals surface area contributed by atoms with Crippen LogP contribution in [0.3, 0.4) is 0 Å². The van der Waals surface area contributed by atoms with Crippen molar-refractivity contribution in [3.05, 3.63) is 12.7 Å². The van der Waals surface area contributed by atoms with Crippen LogP contribution < -0.4 is 5.14 Å². The van der Waals surface area contributed by atoms with Crippen LogP contribution in [-0.4, -0.2) is 13.7 Å². The summed E-state index contributed by atoms with van der Waals surface area (Å²) in [7, 11) is -3.38. The number of primary sulfonamides is 1. The van der Waals surface area contributed by atoms with E-state index in [0.717, 1.165) is 19.3 Å². The molecule has 2 atom stereocenters. The van der Waals surface area contributed by atoms with Crippen LogP contribution in [0.5, 0.6) is 0 Å². The minimum absolute atomic E-state index is 0.185. The van der Waals surface area contributed by atoms with Crippen molar-refractivity contribution in [1.82, 2.24) is 0 Å². The van der Waals surface area contributed by atoms with Crippen LogP contribution in [0, 0.1) is 5.41 Å². The lowest BCUT2D eigenvalue weighted by Crippen LogP contribution is -2.38. The fourth-order valence-electron chi connectivity index (χ4n) is 2.32. The van der Waals surface area contributed by atoms with E-state index in [1.165, 1.54) is 0 Å². The summed E-state index contributed by atoms with van der Waals surface area (Å²) >= 11 is 0. The van der Waals surface area contributed by atoms with E-state index in [1.807, 2.05) is 6.92 Å². The average molecular weight is 203 g/mol. The van der Waals surface area contributed by atoms with Gasteiger partial charge in [-0.05, 0) is 24.7 Å². The number of sulfonamides is 1. The maximum atomic E-state index is 11.3.